The Hall–Kier alpha value is 0.0900. The van der Waals surface area contributed by atoms with Gasteiger partial charge in [0.2, 0.25) is 0 Å². The molecule has 0 heterocycles. The van der Waals surface area contributed by atoms with Crippen molar-refractivity contribution in [3.05, 3.63) is 12.2 Å². The van der Waals surface area contributed by atoms with E-state index in [0.717, 1.165) is 0 Å². The number of rotatable bonds is 6. The lowest BCUT2D eigenvalue weighted by Gasteiger charge is -1.98. The van der Waals surface area contributed by atoms with Crippen LogP contribution in [0.5, 0.6) is 0 Å². The molecular formula is C9H18S. The summed E-state index contributed by atoms with van der Waals surface area (Å²) in [6.07, 6.45) is 3.87. The molecule has 0 spiro atoms. The molecule has 10 heavy (non-hydrogen) atoms. The molecule has 0 radical (unpaired) electrons. The Kier molecular flexibility index (Phi) is 7.26. The highest BCUT2D eigenvalue weighted by molar-refractivity contribution is 7.99. The van der Waals surface area contributed by atoms with Crippen molar-refractivity contribution >= 4 is 11.8 Å². The number of allylic oxidation sites excluding steroid dienone is 1. The summed E-state index contributed by atoms with van der Waals surface area (Å²) in [4.78, 5) is 0. The van der Waals surface area contributed by atoms with E-state index in [1.807, 2.05) is 11.8 Å². The van der Waals surface area contributed by atoms with Crippen LogP contribution >= 0.6 is 11.8 Å². The Morgan fingerprint density at radius 3 is 2.60 bits per heavy atom. The summed E-state index contributed by atoms with van der Waals surface area (Å²) in [7, 11) is 0. The molecule has 1 heteroatoms. The van der Waals surface area contributed by atoms with Crippen molar-refractivity contribution < 1.29 is 0 Å². The molecule has 0 bridgehead atoms. The van der Waals surface area contributed by atoms with Gasteiger partial charge in [-0.25, -0.2) is 0 Å². The van der Waals surface area contributed by atoms with Crippen LogP contribution in [0.15, 0.2) is 12.2 Å². The third kappa shape index (κ3) is 8.09. The highest BCUT2D eigenvalue weighted by Gasteiger charge is 1.88. The van der Waals surface area contributed by atoms with Crippen LogP contribution in [-0.4, -0.2) is 11.5 Å². The molecule has 0 nitrogen and oxygen atoms in total. The zero-order valence-electron chi connectivity index (χ0n) is 7.15. The van der Waals surface area contributed by atoms with E-state index < -0.39 is 0 Å². The lowest BCUT2D eigenvalue weighted by Crippen LogP contribution is -1.83. The van der Waals surface area contributed by atoms with Gasteiger partial charge in [0.25, 0.3) is 0 Å². The zero-order valence-corrected chi connectivity index (χ0v) is 7.97. The number of unbranched alkanes of at least 4 members (excludes halogenated alkanes) is 1. The van der Waals surface area contributed by atoms with Gasteiger partial charge in [-0.3, -0.25) is 0 Å². The highest BCUT2D eigenvalue weighted by atomic mass is 32.2. The molecule has 60 valence electrons. The van der Waals surface area contributed by atoms with Crippen LogP contribution in [0.2, 0.25) is 0 Å². The van der Waals surface area contributed by atoms with E-state index in [1.165, 1.54) is 36.3 Å². The average Bonchev–Trinajstić information content (AvgIpc) is 1.87. The van der Waals surface area contributed by atoms with Crippen molar-refractivity contribution in [2.24, 2.45) is 0 Å². The molecule has 0 aromatic heterocycles. The third-order valence-corrected chi connectivity index (χ3v) is 2.39. The minimum absolute atomic E-state index is 1.19. The zero-order chi connectivity index (χ0) is 7.82. The van der Waals surface area contributed by atoms with Crippen molar-refractivity contribution in [3.63, 3.8) is 0 Å². The molecule has 0 N–H and O–H groups in total. The molecule has 0 fully saturated rings. The smallest absolute Gasteiger partial charge is 0.00304 e. The highest BCUT2D eigenvalue weighted by Crippen LogP contribution is 2.08. The van der Waals surface area contributed by atoms with Gasteiger partial charge in [0.1, 0.15) is 0 Å². The van der Waals surface area contributed by atoms with Gasteiger partial charge < -0.3 is 0 Å². The Bertz CT molecular complexity index is 86.7. The molecule has 0 aromatic carbocycles. The summed E-state index contributed by atoms with van der Waals surface area (Å²) >= 11 is 2.05. The van der Waals surface area contributed by atoms with Gasteiger partial charge in [0.05, 0.1) is 0 Å². The Morgan fingerprint density at radius 2 is 2.10 bits per heavy atom. The minimum Gasteiger partial charge on any atom is -0.162 e. The summed E-state index contributed by atoms with van der Waals surface area (Å²) in [6.45, 7) is 8.19. The molecule has 0 amide bonds. The van der Waals surface area contributed by atoms with E-state index >= 15 is 0 Å². The molecule has 0 saturated heterocycles. The van der Waals surface area contributed by atoms with Crippen molar-refractivity contribution in [3.8, 4) is 0 Å². The topological polar surface area (TPSA) is 0 Å². The second-order valence-electron chi connectivity index (χ2n) is 2.67. The molecule has 0 saturated carbocycles. The van der Waals surface area contributed by atoms with Crippen LogP contribution in [0.1, 0.15) is 33.1 Å². The Morgan fingerprint density at radius 1 is 1.40 bits per heavy atom. The van der Waals surface area contributed by atoms with Crippen LogP contribution in [0.25, 0.3) is 0 Å². The van der Waals surface area contributed by atoms with Crippen molar-refractivity contribution in [1.29, 1.82) is 0 Å². The first-order chi connectivity index (χ1) is 4.77. The first kappa shape index (κ1) is 10.1. The summed E-state index contributed by atoms with van der Waals surface area (Å²) < 4.78 is 0. The summed E-state index contributed by atoms with van der Waals surface area (Å²) in [5.41, 5.74) is 1.31. The summed E-state index contributed by atoms with van der Waals surface area (Å²) in [6, 6.07) is 0. The van der Waals surface area contributed by atoms with Gasteiger partial charge in [-0.05, 0) is 31.3 Å². The fourth-order valence-electron chi connectivity index (χ4n) is 0.595. The van der Waals surface area contributed by atoms with E-state index in [-0.39, 0.29) is 0 Å². The number of thioether (sulfide) groups is 1. The van der Waals surface area contributed by atoms with Gasteiger partial charge >= 0.3 is 0 Å². The third-order valence-electron chi connectivity index (χ3n) is 1.32. The maximum Gasteiger partial charge on any atom is -0.00304 e. The molecule has 0 aromatic rings. The van der Waals surface area contributed by atoms with Crippen LogP contribution in [-0.2, 0) is 0 Å². The summed E-state index contributed by atoms with van der Waals surface area (Å²) in [5.74, 6) is 2.58. The monoisotopic (exact) mass is 158 g/mol. The quantitative estimate of drug-likeness (QED) is 0.421. The number of hydrogen-bond acceptors (Lipinski definition) is 1. The second kappa shape index (κ2) is 7.20. The average molecular weight is 158 g/mol. The van der Waals surface area contributed by atoms with Crippen molar-refractivity contribution in [2.75, 3.05) is 11.5 Å². The molecule has 0 rings (SSSR count). The minimum atomic E-state index is 1.19. The van der Waals surface area contributed by atoms with E-state index in [0.29, 0.717) is 0 Å². The van der Waals surface area contributed by atoms with E-state index in [9.17, 15) is 0 Å². The fraction of sp³-hybridized carbons (Fsp3) is 0.778. The van der Waals surface area contributed by atoms with Crippen LogP contribution < -0.4 is 0 Å². The first-order valence-corrected chi connectivity index (χ1v) is 5.15. The van der Waals surface area contributed by atoms with Gasteiger partial charge in [-0.1, -0.05) is 18.9 Å². The normalized spacial score (nSPS) is 9.80. The van der Waals surface area contributed by atoms with Crippen LogP contribution in [0.4, 0.5) is 0 Å². The van der Waals surface area contributed by atoms with Crippen molar-refractivity contribution in [1.82, 2.24) is 0 Å². The predicted molar refractivity (Wildman–Crippen MR) is 51.7 cm³/mol. The Balaban J connectivity index is 2.84. The van der Waals surface area contributed by atoms with Crippen molar-refractivity contribution in [2.45, 2.75) is 33.1 Å². The lowest BCUT2D eigenvalue weighted by molar-refractivity contribution is 0.895. The van der Waals surface area contributed by atoms with Gasteiger partial charge in [-0.2, -0.15) is 11.8 Å². The molecule has 0 aliphatic heterocycles. The van der Waals surface area contributed by atoms with Gasteiger partial charge in [-0.15, -0.1) is 6.58 Å². The summed E-state index contributed by atoms with van der Waals surface area (Å²) in [5, 5.41) is 0. The standard InChI is InChI=1S/C9H18S/c1-4-5-7-10-8-6-9(2)3/h2,4-8H2,1,3H3. The molecule has 0 aliphatic carbocycles. The lowest BCUT2D eigenvalue weighted by atomic mass is 10.3. The van der Waals surface area contributed by atoms with Gasteiger partial charge in [0, 0.05) is 0 Å². The SMILES string of the molecule is C=C(C)CCSCCCC. The first-order valence-electron chi connectivity index (χ1n) is 3.99. The van der Waals surface area contributed by atoms with Crippen LogP contribution in [0, 0.1) is 0 Å². The van der Waals surface area contributed by atoms with E-state index in [2.05, 4.69) is 20.4 Å². The Labute approximate surface area is 69.1 Å². The maximum absolute atomic E-state index is 3.86. The molecule has 0 aliphatic rings. The molecule has 0 atom stereocenters. The van der Waals surface area contributed by atoms with Gasteiger partial charge in [0.15, 0.2) is 0 Å². The van der Waals surface area contributed by atoms with Crippen LogP contribution in [0.3, 0.4) is 0 Å². The molecule has 0 unspecified atom stereocenters. The van der Waals surface area contributed by atoms with E-state index in [4.69, 9.17) is 0 Å². The van der Waals surface area contributed by atoms with E-state index in [1.54, 1.807) is 0 Å². The second-order valence-corrected chi connectivity index (χ2v) is 3.90. The largest absolute Gasteiger partial charge is 0.162 e. The maximum atomic E-state index is 3.86. The predicted octanol–water partition coefficient (Wildman–Crippen LogP) is 3.49. The molecular weight excluding hydrogens is 140 g/mol. The number of hydrogen-bond donors (Lipinski definition) is 0. The fourth-order valence-corrected chi connectivity index (χ4v) is 1.78.